The molecule has 0 aromatic carbocycles. The lowest BCUT2D eigenvalue weighted by molar-refractivity contribution is -0.152. The molecular weight excluding hydrogens is 284 g/mol. The highest BCUT2D eigenvalue weighted by Crippen LogP contribution is 2.66. The zero-order valence-corrected chi connectivity index (χ0v) is 16.4. The molecule has 2 heteroatoms. The highest BCUT2D eigenvalue weighted by molar-refractivity contribution is 5.13. The molecule has 1 aliphatic heterocycles. The first kappa shape index (κ1) is 17.7. The standard InChI is InChI=1S/C21H38O2/c1-8-9-10-21(7)16-11-15(20(21,5)6)13(2)14-12-19(3,4)18(22)17(14)23-16/h13-18,22H,8-12H2,1-7H3/t13-,14-,15-,16?,17?,18+,21-/m1/s1. The summed E-state index contributed by atoms with van der Waals surface area (Å²) < 4.78 is 6.74. The highest BCUT2D eigenvalue weighted by atomic mass is 16.5. The van der Waals surface area contributed by atoms with Crippen molar-refractivity contribution in [3.63, 3.8) is 0 Å². The summed E-state index contributed by atoms with van der Waals surface area (Å²) in [7, 11) is 0. The van der Waals surface area contributed by atoms with E-state index in [4.69, 9.17) is 4.74 Å². The molecule has 2 aliphatic carbocycles. The molecule has 1 N–H and O–H groups in total. The van der Waals surface area contributed by atoms with Crippen LogP contribution in [-0.2, 0) is 4.74 Å². The summed E-state index contributed by atoms with van der Waals surface area (Å²) in [5.41, 5.74) is 0.540. The zero-order chi connectivity index (χ0) is 17.2. The van der Waals surface area contributed by atoms with E-state index in [0.29, 0.717) is 29.3 Å². The van der Waals surface area contributed by atoms with Gasteiger partial charge in [-0.15, -0.1) is 0 Å². The van der Waals surface area contributed by atoms with Gasteiger partial charge in [0.1, 0.15) is 0 Å². The molecule has 3 fully saturated rings. The Morgan fingerprint density at radius 2 is 1.78 bits per heavy atom. The fraction of sp³-hybridized carbons (Fsp3) is 1.00. The number of hydrogen-bond acceptors (Lipinski definition) is 2. The maximum absolute atomic E-state index is 10.9. The predicted octanol–water partition coefficient (Wildman–Crippen LogP) is 5.04. The second-order valence-corrected chi connectivity index (χ2v) is 10.3. The molecular formula is C21H38O2. The average Bonchev–Trinajstić information content (AvgIpc) is 2.73. The van der Waals surface area contributed by atoms with Gasteiger partial charge in [0.25, 0.3) is 0 Å². The van der Waals surface area contributed by atoms with Gasteiger partial charge in [0, 0.05) is 0 Å². The number of ether oxygens (including phenoxy) is 1. The Hall–Kier alpha value is -0.0800. The molecule has 0 radical (unpaired) electrons. The Balaban J connectivity index is 1.96. The Labute approximate surface area is 143 Å². The molecule has 0 aromatic heterocycles. The summed E-state index contributed by atoms with van der Waals surface area (Å²) in [5.74, 6) is 1.87. The largest absolute Gasteiger partial charge is 0.390 e. The highest BCUT2D eigenvalue weighted by Gasteiger charge is 2.64. The van der Waals surface area contributed by atoms with Crippen molar-refractivity contribution in [1.82, 2.24) is 0 Å². The molecule has 7 atom stereocenters. The first-order valence-corrected chi connectivity index (χ1v) is 9.90. The molecule has 2 unspecified atom stereocenters. The fourth-order valence-electron chi connectivity index (χ4n) is 6.40. The molecule has 0 amide bonds. The minimum absolute atomic E-state index is 0.00959. The molecule has 2 nitrogen and oxygen atoms in total. The van der Waals surface area contributed by atoms with Gasteiger partial charge in [0.05, 0.1) is 18.3 Å². The van der Waals surface area contributed by atoms with Crippen LogP contribution in [0.3, 0.4) is 0 Å². The SMILES string of the molecule is CCCC[C@]1(C)C2C[C@H]([C@H](C)[C@H]3CC(C)(C)[C@@H](O)C3O2)C1(C)C. The average molecular weight is 323 g/mol. The van der Waals surface area contributed by atoms with Crippen LogP contribution in [0.1, 0.15) is 80.6 Å². The molecule has 0 spiro atoms. The number of aliphatic hydroxyl groups is 1. The van der Waals surface area contributed by atoms with Gasteiger partial charge in [-0.05, 0) is 53.3 Å². The summed E-state index contributed by atoms with van der Waals surface area (Å²) >= 11 is 0. The van der Waals surface area contributed by atoms with Crippen LogP contribution < -0.4 is 0 Å². The fourth-order valence-corrected chi connectivity index (χ4v) is 6.40. The maximum Gasteiger partial charge on any atom is 0.0874 e. The molecule has 2 saturated carbocycles. The van der Waals surface area contributed by atoms with Crippen LogP contribution in [0, 0.1) is 34.0 Å². The summed E-state index contributed by atoms with van der Waals surface area (Å²) in [4.78, 5) is 0. The van der Waals surface area contributed by atoms with Crippen LogP contribution >= 0.6 is 0 Å². The van der Waals surface area contributed by atoms with E-state index in [1.165, 1.54) is 25.7 Å². The monoisotopic (exact) mass is 322 g/mol. The van der Waals surface area contributed by atoms with Gasteiger partial charge < -0.3 is 9.84 Å². The predicted molar refractivity (Wildman–Crippen MR) is 95.2 cm³/mol. The van der Waals surface area contributed by atoms with Gasteiger partial charge in [0.15, 0.2) is 0 Å². The molecule has 134 valence electrons. The Bertz CT molecular complexity index is 455. The molecule has 1 heterocycles. The summed E-state index contributed by atoms with van der Waals surface area (Å²) in [5, 5.41) is 10.9. The maximum atomic E-state index is 10.9. The van der Waals surface area contributed by atoms with Gasteiger partial charge >= 0.3 is 0 Å². The third-order valence-electron chi connectivity index (χ3n) is 8.55. The van der Waals surface area contributed by atoms with Crippen molar-refractivity contribution in [3.8, 4) is 0 Å². The molecule has 3 rings (SSSR count). The minimum atomic E-state index is -0.312. The van der Waals surface area contributed by atoms with Crippen LogP contribution in [-0.4, -0.2) is 23.4 Å². The van der Waals surface area contributed by atoms with E-state index in [-0.39, 0.29) is 23.0 Å². The van der Waals surface area contributed by atoms with Gasteiger partial charge in [-0.25, -0.2) is 0 Å². The molecule has 2 bridgehead atoms. The Morgan fingerprint density at radius 1 is 1.13 bits per heavy atom. The number of hydrogen-bond donors (Lipinski definition) is 1. The summed E-state index contributed by atoms with van der Waals surface area (Å²) in [6.45, 7) is 16.6. The smallest absolute Gasteiger partial charge is 0.0874 e. The third kappa shape index (κ3) is 2.34. The van der Waals surface area contributed by atoms with Crippen molar-refractivity contribution in [2.45, 2.75) is 98.9 Å². The van der Waals surface area contributed by atoms with Gasteiger partial charge in [-0.1, -0.05) is 61.3 Å². The van der Waals surface area contributed by atoms with Crippen molar-refractivity contribution in [1.29, 1.82) is 0 Å². The van der Waals surface area contributed by atoms with Gasteiger partial charge in [-0.3, -0.25) is 0 Å². The van der Waals surface area contributed by atoms with Crippen LogP contribution in [0.2, 0.25) is 0 Å². The summed E-state index contributed by atoms with van der Waals surface area (Å²) in [6.07, 6.45) is 6.12. The van der Waals surface area contributed by atoms with E-state index < -0.39 is 0 Å². The van der Waals surface area contributed by atoms with Gasteiger partial charge in [-0.2, -0.15) is 0 Å². The summed E-state index contributed by atoms with van der Waals surface area (Å²) in [6, 6.07) is 0. The van der Waals surface area contributed by atoms with E-state index >= 15 is 0 Å². The minimum Gasteiger partial charge on any atom is -0.390 e. The van der Waals surface area contributed by atoms with E-state index in [1.54, 1.807) is 0 Å². The lowest BCUT2D eigenvalue weighted by atomic mass is 9.59. The third-order valence-corrected chi connectivity index (χ3v) is 8.55. The van der Waals surface area contributed by atoms with E-state index in [1.807, 2.05) is 0 Å². The van der Waals surface area contributed by atoms with Crippen LogP contribution in [0.15, 0.2) is 0 Å². The first-order chi connectivity index (χ1) is 10.6. The van der Waals surface area contributed by atoms with Crippen molar-refractivity contribution in [2.24, 2.45) is 34.0 Å². The Morgan fingerprint density at radius 3 is 2.39 bits per heavy atom. The zero-order valence-electron chi connectivity index (χ0n) is 16.4. The number of rotatable bonds is 3. The van der Waals surface area contributed by atoms with Crippen molar-refractivity contribution in [3.05, 3.63) is 0 Å². The topological polar surface area (TPSA) is 29.5 Å². The van der Waals surface area contributed by atoms with Crippen molar-refractivity contribution >= 4 is 0 Å². The van der Waals surface area contributed by atoms with E-state index in [9.17, 15) is 5.11 Å². The van der Waals surface area contributed by atoms with Crippen molar-refractivity contribution in [2.75, 3.05) is 0 Å². The second kappa shape index (κ2) is 5.46. The Kier molecular flexibility index (Phi) is 4.21. The lowest BCUT2D eigenvalue weighted by Gasteiger charge is -2.49. The molecule has 3 aliphatic rings. The normalized spacial score (nSPS) is 50.6. The molecule has 23 heavy (non-hydrogen) atoms. The van der Waals surface area contributed by atoms with E-state index in [2.05, 4.69) is 48.5 Å². The second-order valence-electron chi connectivity index (χ2n) is 10.3. The van der Waals surface area contributed by atoms with Crippen LogP contribution in [0.5, 0.6) is 0 Å². The van der Waals surface area contributed by atoms with Crippen molar-refractivity contribution < 1.29 is 9.84 Å². The van der Waals surface area contributed by atoms with Crippen LogP contribution in [0.4, 0.5) is 0 Å². The number of unbranched alkanes of at least 4 members (excludes halogenated alkanes) is 1. The van der Waals surface area contributed by atoms with E-state index in [0.717, 1.165) is 6.42 Å². The molecule has 0 aromatic rings. The van der Waals surface area contributed by atoms with Gasteiger partial charge in [0.2, 0.25) is 0 Å². The van der Waals surface area contributed by atoms with Crippen LogP contribution in [0.25, 0.3) is 0 Å². The number of aliphatic hydroxyl groups excluding tert-OH is 1. The molecule has 1 saturated heterocycles. The lowest BCUT2D eigenvalue weighted by Crippen LogP contribution is -2.48. The number of fused-ring (bicyclic) bond motifs is 3. The first-order valence-electron chi connectivity index (χ1n) is 9.90. The quantitative estimate of drug-likeness (QED) is 0.789.